The topological polar surface area (TPSA) is 84.0 Å². The average Bonchev–Trinajstić information content (AvgIpc) is 3.35. The van der Waals surface area contributed by atoms with Gasteiger partial charge in [0.15, 0.2) is 5.13 Å². The van der Waals surface area contributed by atoms with Crippen LogP contribution in [0.2, 0.25) is 0 Å². The van der Waals surface area contributed by atoms with Crippen molar-refractivity contribution in [2.24, 2.45) is 5.41 Å². The van der Waals surface area contributed by atoms with E-state index in [1.165, 1.54) is 11.3 Å². The second-order valence-corrected chi connectivity index (χ2v) is 10.2. The Labute approximate surface area is 226 Å². The van der Waals surface area contributed by atoms with Gasteiger partial charge in [0.2, 0.25) is 5.91 Å². The molecule has 198 valence electrons. The third-order valence-corrected chi connectivity index (χ3v) is 5.01. The van der Waals surface area contributed by atoms with Crippen LogP contribution in [-0.2, 0) is 9.59 Å². The molecule has 0 unspecified atom stereocenters. The van der Waals surface area contributed by atoms with Gasteiger partial charge in [0, 0.05) is 28.9 Å². The maximum atomic E-state index is 12.2. The second-order valence-electron chi connectivity index (χ2n) is 9.33. The van der Waals surface area contributed by atoms with Crippen molar-refractivity contribution in [1.29, 1.82) is 0 Å². The van der Waals surface area contributed by atoms with Crippen LogP contribution in [-0.4, -0.2) is 28.3 Å². The van der Waals surface area contributed by atoms with Gasteiger partial charge < -0.3 is 10.6 Å². The average molecular weight is 521 g/mol. The quantitative estimate of drug-likeness (QED) is 0.249. The number of thiazole rings is 1. The maximum absolute atomic E-state index is 12.2. The zero-order chi connectivity index (χ0) is 27.8. The predicted molar refractivity (Wildman–Crippen MR) is 157 cm³/mol. The molecule has 2 amide bonds. The number of nitrogens with one attached hydrogen (secondary N) is 2. The van der Waals surface area contributed by atoms with Crippen LogP contribution in [0.15, 0.2) is 78.0 Å². The van der Waals surface area contributed by atoms with Crippen molar-refractivity contribution in [3.8, 4) is 22.4 Å². The van der Waals surface area contributed by atoms with Gasteiger partial charge in [-0.2, -0.15) is 0 Å². The van der Waals surface area contributed by atoms with Crippen molar-refractivity contribution >= 4 is 28.3 Å². The van der Waals surface area contributed by atoms with Crippen LogP contribution in [0, 0.1) is 5.41 Å². The number of nitrogens with zero attached hydrogens (tertiary/aromatic N) is 2. The van der Waals surface area contributed by atoms with Crippen LogP contribution < -0.4 is 10.6 Å². The summed E-state index contributed by atoms with van der Waals surface area (Å²) in [5.74, 6) is -0.621. The van der Waals surface area contributed by atoms with Gasteiger partial charge in [-0.15, -0.1) is 11.3 Å². The summed E-state index contributed by atoms with van der Waals surface area (Å²) >= 11 is 1.34. The van der Waals surface area contributed by atoms with Gasteiger partial charge in [-0.3, -0.25) is 14.6 Å². The Hall–Kier alpha value is -3.58. The molecule has 0 aliphatic heterocycles. The molecule has 37 heavy (non-hydrogen) atoms. The van der Waals surface area contributed by atoms with Gasteiger partial charge in [-0.25, -0.2) is 4.98 Å². The van der Waals surface area contributed by atoms with Crippen molar-refractivity contribution in [3.05, 3.63) is 78.0 Å². The highest BCUT2D eigenvalue weighted by Gasteiger charge is 2.11. The predicted octanol–water partition coefficient (Wildman–Crippen LogP) is 7.53. The van der Waals surface area contributed by atoms with Crippen molar-refractivity contribution in [3.63, 3.8) is 0 Å². The third kappa shape index (κ3) is 12.3. The second kappa shape index (κ2) is 16.2. The molecule has 3 aromatic rings. The summed E-state index contributed by atoms with van der Waals surface area (Å²) in [6.45, 7) is 16.2. The van der Waals surface area contributed by atoms with Gasteiger partial charge in [-0.05, 0) is 48.6 Å². The number of pyridine rings is 1. The lowest BCUT2D eigenvalue weighted by Gasteiger charge is -2.05. The zero-order valence-corrected chi connectivity index (χ0v) is 24.1. The lowest BCUT2D eigenvalue weighted by Crippen LogP contribution is -2.33. The zero-order valence-electron chi connectivity index (χ0n) is 23.3. The standard InChI is InChI=1S/C23H22N4O2S.C5H12.C2H6/c1-3-6-16(4-2)22(29)25-14-21(28)27-23-26-20(15-30-23)19-8-5-7-18(13-19)17-9-11-24-12-10-17;1-5(2,3)4;1-2/h3-13,15H,14H2,1-2H3,(H,25,29)(H,26,27,28);1-4H3;1-2H3/b6-3-,16-4+;;. The molecule has 0 saturated heterocycles. The fourth-order valence-corrected chi connectivity index (χ4v) is 3.51. The van der Waals surface area contributed by atoms with E-state index in [4.69, 9.17) is 0 Å². The van der Waals surface area contributed by atoms with E-state index in [2.05, 4.69) is 54.4 Å². The summed E-state index contributed by atoms with van der Waals surface area (Å²) in [5.41, 5.74) is 4.88. The normalized spacial score (nSPS) is 11.1. The molecule has 0 fully saturated rings. The summed E-state index contributed by atoms with van der Waals surface area (Å²) in [7, 11) is 0. The number of anilines is 1. The maximum Gasteiger partial charge on any atom is 0.251 e. The number of benzene rings is 1. The molecule has 1 aromatic carbocycles. The first kappa shape index (κ1) is 31.4. The van der Waals surface area contributed by atoms with Crippen molar-refractivity contribution < 1.29 is 9.59 Å². The first-order chi connectivity index (χ1) is 17.6. The van der Waals surface area contributed by atoms with E-state index < -0.39 is 0 Å². The Morgan fingerprint density at radius 2 is 1.59 bits per heavy atom. The third-order valence-electron chi connectivity index (χ3n) is 4.25. The van der Waals surface area contributed by atoms with Crippen LogP contribution in [0.4, 0.5) is 5.13 Å². The van der Waals surface area contributed by atoms with Crippen LogP contribution in [0.3, 0.4) is 0 Å². The highest BCUT2D eigenvalue weighted by Crippen LogP contribution is 2.28. The molecule has 0 saturated carbocycles. The Balaban J connectivity index is 0.000000874. The Bertz CT molecular complexity index is 1170. The van der Waals surface area contributed by atoms with Crippen molar-refractivity contribution in [2.45, 2.75) is 55.4 Å². The van der Waals surface area contributed by atoms with E-state index in [9.17, 15) is 9.59 Å². The molecule has 2 N–H and O–H groups in total. The largest absolute Gasteiger partial charge is 0.343 e. The molecular weight excluding hydrogens is 480 g/mol. The van der Waals surface area contributed by atoms with Crippen LogP contribution >= 0.6 is 11.3 Å². The monoisotopic (exact) mass is 520 g/mol. The van der Waals surface area contributed by atoms with Crippen LogP contribution in [0.25, 0.3) is 22.4 Å². The molecule has 0 bridgehead atoms. The SMILES string of the molecule is C/C=C\C(=C/C)C(=O)NCC(=O)Nc1nc(-c2cccc(-c3ccncc3)c2)cs1.CC.CC(C)(C)C. The summed E-state index contributed by atoms with van der Waals surface area (Å²) in [6, 6.07) is 11.9. The summed E-state index contributed by atoms with van der Waals surface area (Å²) in [4.78, 5) is 32.7. The lowest BCUT2D eigenvalue weighted by atomic mass is 10.0. The first-order valence-electron chi connectivity index (χ1n) is 12.4. The molecule has 0 radical (unpaired) electrons. The number of carbonyl (C=O) groups excluding carboxylic acids is 2. The van der Waals surface area contributed by atoms with E-state index >= 15 is 0 Å². The molecule has 6 nitrogen and oxygen atoms in total. The van der Waals surface area contributed by atoms with Crippen LogP contribution in [0.5, 0.6) is 0 Å². The molecule has 2 aromatic heterocycles. The number of hydrogen-bond acceptors (Lipinski definition) is 5. The van der Waals surface area contributed by atoms with E-state index in [-0.39, 0.29) is 18.4 Å². The Morgan fingerprint density at radius 1 is 0.973 bits per heavy atom. The lowest BCUT2D eigenvalue weighted by molar-refractivity contribution is -0.121. The van der Waals surface area contributed by atoms with E-state index in [0.29, 0.717) is 16.1 Å². The fourth-order valence-electron chi connectivity index (χ4n) is 2.77. The van der Waals surface area contributed by atoms with Crippen molar-refractivity contribution in [1.82, 2.24) is 15.3 Å². The van der Waals surface area contributed by atoms with E-state index in [0.717, 1.165) is 22.4 Å². The Kier molecular flexibility index (Phi) is 13.8. The molecule has 3 rings (SSSR count). The number of rotatable bonds is 7. The van der Waals surface area contributed by atoms with Crippen LogP contribution in [0.1, 0.15) is 55.4 Å². The van der Waals surface area contributed by atoms with Gasteiger partial charge in [0.25, 0.3) is 5.91 Å². The molecule has 0 aliphatic rings. The van der Waals surface area contributed by atoms with Gasteiger partial charge >= 0.3 is 0 Å². The van der Waals surface area contributed by atoms with E-state index in [1.807, 2.05) is 56.5 Å². The molecule has 0 atom stereocenters. The number of carbonyl (C=O) groups is 2. The van der Waals surface area contributed by atoms with Gasteiger partial charge in [-0.1, -0.05) is 78.0 Å². The minimum Gasteiger partial charge on any atom is -0.343 e. The van der Waals surface area contributed by atoms with Gasteiger partial charge in [0.05, 0.1) is 12.2 Å². The minimum absolute atomic E-state index is 0.125. The number of amides is 2. The highest BCUT2D eigenvalue weighted by molar-refractivity contribution is 7.14. The fraction of sp³-hybridized carbons (Fsp3) is 0.333. The highest BCUT2D eigenvalue weighted by atomic mass is 32.1. The number of hydrogen-bond donors (Lipinski definition) is 2. The van der Waals surface area contributed by atoms with Gasteiger partial charge in [0.1, 0.15) is 0 Å². The molecular formula is C30H40N4O2S. The molecule has 0 aliphatic carbocycles. The minimum atomic E-state index is -0.328. The summed E-state index contributed by atoms with van der Waals surface area (Å²) < 4.78 is 0. The number of aromatic nitrogens is 2. The summed E-state index contributed by atoms with van der Waals surface area (Å²) in [6.07, 6.45) is 8.68. The number of allylic oxidation sites excluding steroid dienone is 2. The van der Waals surface area contributed by atoms with E-state index in [1.54, 1.807) is 37.5 Å². The smallest absolute Gasteiger partial charge is 0.251 e. The van der Waals surface area contributed by atoms with Crippen molar-refractivity contribution in [2.75, 3.05) is 11.9 Å². The molecule has 2 heterocycles. The molecule has 7 heteroatoms. The summed E-state index contributed by atoms with van der Waals surface area (Å²) in [5, 5.41) is 7.71. The molecule has 0 spiro atoms. The first-order valence-corrected chi connectivity index (χ1v) is 13.3. The Morgan fingerprint density at radius 3 is 2.19 bits per heavy atom.